The van der Waals surface area contributed by atoms with Gasteiger partial charge in [0, 0.05) is 23.0 Å². The second-order valence-corrected chi connectivity index (χ2v) is 9.46. The molecular formula is C24H24ClN3OS. The number of rotatable bonds is 3. The predicted molar refractivity (Wildman–Crippen MR) is 123 cm³/mol. The molecule has 0 N–H and O–H groups in total. The SMILES string of the molecule is Cc1ccc(N2CSC3=C(C#N)[C@H](c4ccc(C(C)C)cc4)CC(=O)N3C2)cc1Cl. The van der Waals surface area contributed by atoms with Gasteiger partial charge in [-0.25, -0.2) is 0 Å². The number of anilines is 1. The Balaban J connectivity index is 1.63. The third-order valence-corrected chi connectivity index (χ3v) is 7.38. The molecule has 154 valence electrons. The Kier molecular flexibility index (Phi) is 5.81. The van der Waals surface area contributed by atoms with E-state index in [1.165, 1.54) is 5.56 Å². The van der Waals surface area contributed by atoms with Gasteiger partial charge in [0.2, 0.25) is 5.91 Å². The van der Waals surface area contributed by atoms with Gasteiger partial charge in [0.05, 0.1) is 29.2 Å². The highest BCUT2D eigenvalue weighted by molar-refractivity contribution is 8.03. The minimum Gasteiger partial charge on any atom is -0.344 e. The number of carbonyl (C=O) groups is 1. The Morgan fingerprint density at radius 2 is 1.93 bits per heavy atom. The van der Waals surface area contributed by atoms with Gasteiger partial charge >= 0.3 is 0 Å². The fraction of sp³-hybridized carbons (Fsp3) is 0.333. The zero-order valence-corrected chi connectivity index (χ0v) is 18.9. The third kappa shape index (κ3) is 3.82. The molecule has 0 unspecified atom stereocenters. The number of hydrogen-bond donors (Lipinski definition) is 0. The number of amides is 1. The summed E-state index contributed by atoms with van der Waals surface area (Å²) in [6, 6.07) is 16.7. The van der Waals surface area contributed by atoms with Crippen molar-refractivity contribution < 1.29 is 4.79 Å². The van der Waals surface area contributed by atoms with Crippen molar-refractivity contribution in [3.05, 3.63) is 74.8 Å². The summed E-state index contributed by atoms with van der Waals surface area (Å²) in [5.74, 6) is 0.995. The molecule has 2 aliphatic rings. The maximum absolute atomic E-state index is 13.1. The van der Waals surface area contributed by atoms with Crippen LogP contribution >= 0.6 is 23.4 Å². The van der Waals surface area contributed by atoms with Crippen LogP contribution in [-0.2, 0) is 4.79 Å². The van der Waals surface area contributed by atoms with E-state index in [-0.39, 0.29) is 11.8 Å². The van der Waals surface area contributed by atoms with Gasteiger partial charge in [0.1, 0.15) is 0 Å². The highest BCUT2D eigenvalue weighted by atomic mass is 35.5. The molecule has 0 saturated carbocycles. The summed E-state index contributed by atoms with van der Waals surface area (Å²) < 4.78 is 0. The molecule has 1 amide bonds. The van der Waals surface area contributed by atoms with E-state index < -0.39 is 0 Å². The van der Waals surface area contributed by atoms with E-state index in [1.54, 1.807) is 16.7 Å². The van der Waals surface area contributed by atoms with Crippen LogP contribution in [0.1, 0.15) is 48.8 Å². The number of aryl methyl sites for hydroxylation is 1. The topological polar surface area (TPSA) is 47.3 Å². The zero-order chi connectivity index (χ0) is 21.4. The quantitative estimate of drug-likeness (QED) is 0.591. The van der Waals surface area contributed by atoms with Crippen molar-refractivity contribution in [2.24, 2.45) is 0 Å². The zero-order valence-electron chi connectivity index (χ0n) is 17.4. The Bertz CT molecular complexity index is 1060. The lowest BCUT2D eigenvalue weighted by Crippen LogP contribution is -2.47. The van der Waals surface area contributed by atoms with Crippen molar-refractivity contribution in [1.29, 1.82) is 5.26 Å². The average molecular weight is 438 g/mol. The largest absolute Gasteiger partial charge is 0.344 e. The molecule has 0 radical (unpaired) electrons. The molecule has 2 aromatic carbocycles. The summed E-state index contributed by atoms with van der Waals surface area (Å²) in [6.07, 6.45) is 0.316. The first-order chi connectivity index (χ1) is 14.4. The molecule has 6 heteroatoms. The fourth-order valence-electron chi connectivity index (χ4n) is 3.90. The van der Waals surface area contributed by atoms with Crippen LogP contribution in [-0.4, -0.2) is 23.4 Å². The maximum Gasteiger partial charge on any atom is 0.229 e. The van der Waals surface area contributed by atoms with E-state index in [0.717, 1.165) is 21.8 Å². The Morgan fingerprint density at radius 3 is 2.57 bits per heavy atom. The smallest absolute Gasteiger partial charge is 0.229 e. The molecule has 1 fully saturated rings. The summed E-state index contributed by atoms with van der Waals surface area (Å²) >= 11 is 7.84. The van der Waals surface area contributed by atoms with Crippen LogP contribution in [0.2, 0.25) is 5.02 Å². The predicted octanol–water partition coefficient (Wildman–Crippen LogP) is 5.99. The second kappa shape index (κ2) is 8.37. The Labute approximate surface area is 187 Å². The van der Waals surface area contributed by atoms with Crippen molar-refractivity contribution in [3.8, 4) is 6.07 Å². The van der Waals surface area contributed by atoms with Crippen LogP contribution in [0.5, 0.6) is 0 Å². The van der Waals surface area contributed by atoms with Crippen molar-refractivity contribution in [3.63, 3.8) is 0 Å². The highest BCUT2D eigenvalue weighted by Crippen LogP contribution is 2.43. The number of fused-ring (bicyclic) bond motifs is 1. The second-order valence-electron chi connectivity index (χ2n) is 8.12. The lowest BCUT2D eigenvalue weighted by molar-refractivity contribution is -0.129. The minimum absolute atomic E-state index is 0.0531. The van der Waals surface area contributed by atoms with E-state index in [1.807, 2.05) is 25.1 Å². The number of nitriles is 1. The summed E-state index contributed by atoms with van der Waals surface area (Å²) in [7, 11) is 0. The molecule has 4 rings (SSSR count). The van der Waals surface area contributed by atoms with Crippen LogP contribution < -0.4 is 4.90 Å². The summed E-state index contributed by atoms with van der Waals surface area (Å²) in [5.41, 5.74) is 4.99. The molecule has 30 heavy (non-hydrogen) atoms. The number of thioether (sulfide) groups is 1. The number of benzene rings is 2. The van der Waals surface area contributed by atoms with E-state index >= 15 is 0 Å². The molecule has 2 aromatic rings. The molecule has 2 aliphatic heterocycles. The molecule has 0 spiro atoms. The van der Waals surface area contributed by atoms with Gasteiger partial charge in [-0.15, -0.1) is 0 Å². The van der Waals surface area contributed by atoms with Crippen LogP contribution in [0.4, 0.5) is 5.69 Å². The standard InChI is InChI=1S/C24H24ClN3OS/c1-15(2)17-5-7-18(8-6-17)20-11-23(29)28-13-27(14-30-24(28)21(20)12-26)19-9-4-16(3)22(25)10-19/h4-10,15,20H,11,13-14H2,1-3H3/t20-/m0/s1. The number of nitrogens with zero attached hydrogens (tertiary/aromatic N) is 3. The number of carbonyl (C=O) groups excluding carboxylic acids is 1. The van der Waals surface area contributed by atoms with Gasteiger partial charge in [0.25, 0.3) is 0 Å². The summed E-state index contributed by atoms with van der Waals surface area (Å²) in [5, 5.41) is 11.5. The lowest BCUT2D eigenvalue weighted by atomic mass is 9.85. The van der Waals surface area contributed by atoms with E-state index in [9.17, 15) is 10.1 Å². The summed E-state index contributed by atoms with van der Waals surface area (Å²) in [6.45, 7) is 6.72. The van der Waals surface area contributed by atoms with E-state index in [0.29, 0.717) is 35.5 Å². The van der Waals surface area contributed by atoms with Crippen LogP contribution in [0.15, 0.2) is 53.1 Å². The molecule has 0 aromatic heterocycles. The van der Waals surface area contributed by atoms with Gasteiger partial charge in [-0.2, -0.15) is 5.26 Å². The monoisotopic (exact) mass is 437 g/mol. The van der Waals surface area contributed by atoms with Gasteiger partial charge in [-0.1, -0.05) is 67.5 Å². The molecule has 0 bridgehead atoms. The third-order valence-electron chi connectivity index (χ3n) is 5.82. The molecule has 1 atom stereocenters. The van der Waals surface area contributed by atoms with Gasteiger partial charge in [-0.3, -0.25) is 9.69 Å². The normalized spacial score (nSPS) is 19.2. The van der Waals surface area contributed by atoms with Crippen LogP contribution in [0.3, 0.4) is 0 Å². The van der Waals surface area contributed by atoms with E-state index in [4.69, 9.17) is 11.6 Å². The lowest BCUT2D eigenvalue weighted by Gasteiger charge is -2.42. The van der Waals surface area contributed by atoms with Crippen molar-refractivity contribution >= 4 is 35.0 Å². The first kappa shape index (κ1) is 20.8. The van der Waals surface area contributed by atoms with Gasteiger partial charge < -0.3 is 4.90 Å². The van der Waals surface area contributed by atoms with Crippen molar-refractivity contribution in [1.82, 2.24) is 4.90 Å². The van der Waals surface area contributed by atoms with Crippen molar-refractivity contribution in [2.75, 3.05) is 17.4 Å². The number of allylic oxidation sites excluding steroid dienone is 1. The number of hydrogen-bond acceptors (Lipinski definition) is 4. The number of halogens is 1. The highest BCUT2D eigenvalue weighted by Gasteiger charge is 2.38. The Hall–Kier alpha value is -2.42. The van der Waals surface area contributed by atoms with Gasteiger partial charge in [0.15, 0.2) is 0 Å². The van der Waals surface area contributed by atoms with Crippen LogP contribution in [0.25, 0.3) is 0 Å². The minimum atomic E-state index is -0.178. The molecule has 4 nitrogen and oxygen atoms in total. The summed E-state index contributed by atoms with van der Waals surface area (Å²) in [4.78, 5) is 16.9. The first-order valence-electron chi connectivity index (χ1n) is 10.1. The van der Waals surface area contributed by atoms with E-state index in [2.05, 4.69) is 49.1 Å². The molecule has 0 aliphatic carbocycles. The van der Waals surface area contributed by atoms with Crippen LogP contribution in [0, 0.1) is 18.3 Å². The van der Waals surface area contributed by atoms with Gasteiger partial charge in [-0.05, 0) is 41.7 Å². The molecular weight excluding hydrogens is 414 g/mol. The Morgan fingerprint density at radius 1 is 1.20 bits per heavy atom. The molecule has 1 saturated heterocycles. The maximum atomic E-state index is 13.1. The van der Waals surface area contributed by atoms with Crippen molar-refractivity contribution in [2.45, 2.75) is 39.0 Å². The molecule has 2 heterocycles. The first-order valence-corrected chi connectivity index (χ1v) is 11.4. The fourth-order valence-corrected chi connectivity index (χ4v) is 5.24. The average Bonchev–Trinajstić information content (AvgIpc) is 2.75.